The van der Waals surface area contributed by atoms with Crippen molar-refractivity contribution in [2.75, 3.05) is 31.6 Å². The molecule has 0 atom stereocenters. The number of fused-ring (bicyclic) bond motifs is 1. The summed E-state index contributed by atoms with van der Waals surface area (Å²) < 4.78 is 11.9. The number of anilines is 1. The molecule has 3 heterocycles. The molecule has 0 N–H and O–H groups in total. The zero-order valence-electron chi connectivity index (χ0n) is 19.9. The fourth-order valence-corrected chi connectivity index (χ4v) is 4.72. The third-order valence-electron chi connectivity index (χ3n) is 6.53. The van der Waals surface area contributed by atoms with E-state index >= 15 is 0 Å². The highest BCUT2D eigenvalue weighted by molar-refractivity contribution is 5.47. The minimum absolute atomic E-state index is 0.106. The minimum atomic E-state index is -0.357. The van der Waals surface area contributed by atoms with Gasteiger partial charge in [-0.3, -0.25) is 15.0 Å². The fourth-order valence-electron chi connectivity index (χ4n) is 4.72. The highest BCUT2D eigenvalue weighted by Crippen LogP contribution is 2.36. The van der Waals surface area contributed by atoms with E-state index in [1.54, 1.807) is 19.2 Å². The van der Waals surface area contributed by atoms with Gasteiger partial charge in [0.1, 0.15) is 0 Å². The molecule has 5 rings (SSSR count). The van der Waals surface area contributed by atoms with Crippen LogP contribution in [0.3, 0.4) is 0 Å². The van der Waals surface area contributed by atoms with Crippen LogP contribution < -0.4 is 14.4 Å². The molecule has 0 saturated carbocycles. The number of non-ortho nitro benzene ring substituents is 1. The number of nitro groups is 1. The summed E-state index contributed by atoms with van der Waals surface area (Å²) in [5.74, 6) is 2.52. The molecule has 0 radical (unpaired) electrons. The zero-order chi connectivity index (χ0) is 24.2. The average molecular weight is 476 g/mol. The zero-order valence-corrected chi connectivity index (χ0v) is 19.9. The lowest BCUT2D eigenvalue weighted by molar-refractivity contribution is -0.384. The first-order valence-electron chi connectivity index (χ1n) is 12.0. The molecule has 2 aliphatic rings. The Kier molecular flexibility index (Phi) is 6.76. The number of piperidine rings is 1. The molecule has 2 aromatic carbocycles. The number of hydrogen-bond acceptors (Lipinski definition) is 8. The summed E-state index contributed by atoms with van der Waals surface area (Å²) in [5, 5.41) is 11.2. The number of para-hydroxylation sites is 2. The fraction of sp³-hybridized carbons (Fsp3) is 0.385. The molecular formula is C26H29N5O4. The van der Waals surface area contributed by atoms with E-state index in [1.165, 1.54) is 12.5 Å². The topological polar surface area (TPSA) is 93.9 Å². The number of methoxy groups -OCH3 is 1. The SMILES string of the molecule is COc1ccccc1Oc1nc(N2CCCCC2)nc2c1CN(Cc1cccc([N+](=O)[O-])c1)CC2. The summed E-state index contributed by atoms with van der Waals surface area (Å²) in [6.45, 7) is 3.91. The van der Waals surface area contributed by atoms with Crippen molar-refractivity contribution in [2.45, 2.75) is 38.8 Å². The van der Waals surface area contributed by atoms with Gasteiger partial charge in [-0.25, -0.2) is 4.98 Å². The van der Waals surface area contributed by atoms with Gasteiger partial charge in [0.2, 0.25) is 11.8 Å². The number of benzene rings is 2. The Morgan fingerprint density at radius 3 is 2.57 bits per heavy atom. The second-order valence-corrected chi connectivity index (χ2v) is 8.94. The Labute approximate surface area is 204 Å². The third kappa shape index (κ3) is 5.19. The van der Waals surface area contributed by atoms with Gasteiger partial charge in [0, 0.05) is 51.3 Å². The van der Waals surface area contributed by atoms with Crippen LogP contribution in [0.5, 0.6) is 17.4 Å². The summed E-state index contributed by atoms with van der Waals surface area (Å²) in [6, 6.07) is 14.4. The van der Waals surface area contributed by atoms with Gasteiger partial charge in [0.05, 0.1) is 23.3 Å². The standard InChI is InChI=1S/C26H29N5O4/c1-34-23-10-3-4-11-24(23)35-25-21-18-29(17-19-8-7-9-20(16-19)31(32)33)15-12-22(21)27-26(28-25)30-13-5-2-6-14-30/h3-4,7-11,16H,2,5-6,12-15,17-18H2,1H3. The second kappa shape index (κ2) is 10.3. The van der Waals surface area contributed by atoms with Crippen LogP contribution in [-0.4, -0.2) is 46.5 Å². The van der Waals surface area contributed by atoms with E-state index in [-0.39, 0.29) is 10.6 Å². The van der Waals surface area contributed by atoms with Crippen LogP contribution in [-0.2, 0) is 19.5 Å². The molecule has 0 amide bonds. The average Bonchev–Trinajstić information content (AvgIpc) is 2.90. The van der Waals surface area contributed by atoms with Gasteiger partial charge in [-0.2, -0.15) is 4.98 Å². The molecular weight excluding hydrogens is 446 g/mol. The van der Waals surface area contributed by atoms with Crippen LogP contribution in [0, 0.1) is 10.1 Å². The quantitative estimate of drug-likeness (QED) is 0.357. The summed E-state index contributed by atoms with van der Waals surface area (Å²) in [7, 11) is 1.62. The number of nitro benzene ring substituents is 1. The summed E-state index contributed by atoms with van der Waals surface area (Å²) in [5.41, 5.74) is 2.96. The monoisotopic (exact) mass is 475 g/mol. The number of rotatable bonds is 7. The van der Waals surface area contributed by atoms with Crippen molar-refractivity contribution in [2.24, 2.45) is 0 Å². The first-order valence-corrected chi connectivity index (χ1v) is 12.0. The Bertz CT molecular complexity index is 1210. The van der Waals surface area contributed by atoms with Crippen LogP contribution in [0.25, 0.3) is 0 Å². The van der Waals surface area contributed by atoms with E-state index in [4.69, 9.17) is 19.4 Å². The van der Waals surface area contributed by atoms with Crippen LogP contribution in [0.2, 0.25) is 0 Å². The van der Waals surface area contributed by atoms with Crippen LogP contribution in [0.1, 0.15) is 36.1 Å². The summed E-state index contributed by atoms with van der Waals surface area (Å²) >= 11 is 0. The molecule has 9 nitrogen and oxygen atoms in total. The van der Waals surface area contributed by atoms with Gasteiger partial charge in [-0.1, -0.05) is 24.3 Å². The molecule has 0 unspecified atom stereocenters. The molecule has 1 fully saturated rings. The predicted octanol–water partition coefficient (Wildman–Crippen LogP) is 4.73. The molecule has 1 saturated heterocycles. The van der Waals surface area contributed by atoms with Crippen molar-refractivity contribution in [3.63, 3.8) is 0 Å². The molecule has 0 bridgehead atoms. The van der Waals surface area contributed by atoms with Crippen molar-refractivity contribution < 1.29 is 14.4 Å². The van der Waals surface area contributed by atoms with E-state index in [0.29, 0.717) is 30.5 Å². The van der Waals surface area contributed by atoms with Crippen LogP contribution >= 0.6 is 0 Å². The largest absolute Gasteiger partial charge is 0.493 e. The maximum Gasteiger partial charge on any atom is 0.269 e. The van der Waals surface area contributed by atoms with Crippen molar-refractivity contribution in [3.8, 4) is 17.4 Å². The number of nitrogens with zero attached hydrogens (tertiary/aromatic N) is 5. The van der Waals surface area contributed by atoms with Gasteiger partial charge < -0.3 is 14.4 Å². The predicted molar refractivity (Wildman–Crippen MR) is 132 cm³/mol. The molecule has 1 aromatic heterocycles. The summed E-state index contributed by atoms with van der Waals surface area (Å²) in [4.78, 5) is 25.2. The molecule has 3 aromatic rings. The lowest BCUT2D eigenvalue weighted by Gasteiger charge is -2.32. The van der Waals surface area contributed by atoms with E-state index in [9.17, 15) is 10.1 Å². The first kappa shape index (κ1) is 23.0. The normalized spacial score (nSPS) is 16.0. The number of aromatic nitrogens is 2. The molecule has 0 aliphatic carbocycles. The third-order valence-corrected chi connectivity index (χ3v) is 6.53. The molecule has 35 heavy (non-hydrogen) atoms. The highest BCUT2D eigenvalue weighted by atomic mass is 16.6. The number of hydrogen-bond donors (Lipinski definition) is 0. The van der Waals surface area contributed by atoms with Gasteiger partial charge in [0.25, 0.3) is 5.69 Å². The smallest absolute Gasteiger partial charge is 0.269 e. The van der Waals surface area contributed by atoms with Crippen LogP contribution in [0.15, 0.2) is 48.5 Å². The lowest BCUT2D eigenvalue weighted by Crippen LogP contribution is -2.34. The molecule has 2 aliphatic heterocycles. The van der Waals surface area contributed by atoms with Gasteiger partial charge in [0.15, 0.2) is 11.5 Å². The Balaban J connectivity index is 1.45. The van der Waals surface area contributed by atoms with Crippen molar-refractivity contribution in [3.05, 3.63) is 75.5 Å². The minimum Gasteiger partial charge on any atom is -0.493 e. The highest BCUT2D eigenvalue weighted by Gasteiger charge is 2.26. The summed E-state index contributed by atoms with van der Waals surface area (Å²) in [6.07, 6.45) is 4.27. The first-order chi connectivity index (χ1) is 17.1. The van der Waals surface area contributed by atoms with E-state index in [1.807, 2.05) is 30.3 Å². The van der Waals surface area contributed by atoms with Gasteiger partial charge in [-0.15, -0.1) is 0 Å². The van der Waals surface area contributed by atoms with E-state index in [2.05, 4.69) is 9.80 Å². The van der Waals surface area contributed by atoms with Crippen LogP contribution in [0.4, 0.5) is 11.6 Å². The van der Waals surface area contributed by atoms with Crippen molar-refractivity contribution in [1.82, 2.24) is 14.9 Å². The maximum absolute atomic E-state index is 11.2. The Morgan fingerprint density at radius 1 is 1.00 bits per heavy atom. The van der Waals surface area contributed by atoms with Gasteiger partial charge in [-0.05, 0) is 37.0 Å². The number of ether oxygens (including phenoxy) is 2. The molecule has 0 spiro atoms. The Morgan fingerprint density at radius 2 is 1.80 bits per heavy atom. The van der Waals surface area contributed by atoms with E-state index in [0.717, 1.165) is 61.7 Å². The molecule has 182 valence electrons. The molecule has 9 heteroatoms. The Hall–Kier alpha value is -3.72. The van der Waals surface area contributed by atoms with Crippen molar-refractivity contribution >= 4 is 11.6 Å². The van der Waals surface area contributed by atoms with Crippen molar-refractivity contribution in [1.29, 1.82) is 0 Å². The maximum atomic E-state index is 11.2. The van der Waals surface area contributed by atoms with Gasteiger partial charge >= 0.3 is 0 Å². The second-order valence-electron chi connectivity index (χ2n) is 8.94. The lowest BCUT2D eigenvalue weighted by atomic mass is 10.1. The van der Waals surface area contributed by atoms with E-state index < -0.39 is 0 Å².